The molecule has 0 heterocycles. The van der Waals surface area contributed by atoms with Crippen LogP contribution in [0.2, 0.25) is 0 Å². The lowest BCUT2D eigenvalue weighted by Crippen LogP contribution is -2.14. The first kappa shape index (κ1) is 13.4. The van der Waals surface area contributed by atoms with Crippen molar-refractivity contribution in [2.75, 3.05) is 11.1 Å². The third kappa shape index (κ3) is 3.72. The molecule has 0 aliphatic heterocycles. The molecule has 4 N–H and O–H groups in total. The maximum absolute atomic E-state index is 11.8. The van der Waals surface area contributed by atoms with Crippen LogP contribution >= 0.6 is 15.9 Å². The van der Waals surface area contributed by atoms with Crippen molar-refractivity contribution in [3.05, 3.63) is 52.5 Å². The van der Waals surface area contributed by atoms with Crippen LogP contribution in [0.15, 0.2) is 46.9 Å². The highest BCUT2D eigenvalue weighted by atomic mass is 79.9. The van der Waals surface area contributed by atoms with Crippen LogP contribution in [0.25, 0.3) is 0 Å². The van der Waals surface area contributed by atoms with Crippen LogP contribution in [0.3, 0.4) is 0 Å². The molecule has 0 spiro atoms. The van der Waals surface area contributed by atoms with E-state index in [4.69, 9.17) is 5.73 Å². The van der Waals surface area contributed by atoms with Crippen molar-refractivity contribution in [2.45, 2.75) is 6.42 Å². The van der Waals surface area contributed by atoms with E-state index in [2.05, 4.69) is 21.2 Å². The Morgan fingerprint density at radius 2 is 1.89 bits per heavy atom. The summed E-state index contributed by atoms with van der Waals surface area (Å²) in [5.41, 5.74) is 7.22. The maximum Gasteiger partial charge on any atom is 0.228 e. The van der Waals surface area contributed by atoms with E-state index in [0.29, 0.717) is 11.4 Å². The van der Waals surface area contributed by atoms with Crippen molar-refractivity contribution in [1.29, 1.82) is 0 Å². The van der Waals surface area contributed by atoms with E-state index in [-0.39, 0.29) is 18.1 Å². The fourth-order valence-electron chi connectivity index (χ4n) is 1.64. The molecule has 5 heteroatoms. The smallest absolute Gasteiger partial charge is 0.228 e. The second-order valence-corrected chi connectivity index (χ2v) is 5.04. The first-order valence-electron chi connectivity index (χ1n) is 5.67. The number of rotatable bonds is 3. The highest BCUT2D eigenvalue weighted by molar-refractivity contribution is 9.10. The Bertz CT molecular complexity index is 597. The summed E-state index contributed by atoms with van der Waals surface area (Å²) >= 11 is 3.34. The van der Waals surface area contributed by atoms with Gasteiger partial charge in [0.05, 0.1) is 12.1 Å². The van der Waals surface area contributed by atoms with Crippen LogP contribution in [0, 0.1) is 0 Å². The number of halogens is 1. The van der Waals surface area contributed by atoms with E-state index < -0.39 is 0 Å². The average Bonchev–Trinajstić information content (AvgIpc) is 2.36. The van der Waals surface area contributed by atoms with E-state index in [1.165, 1.54) is 6.07 Å². The first-order valence-corrected chi connectivity index (χ1v) is 6.46. The standard InChI is InChI=1S/C14H13BrN2O2/c15-10-3-1-9(2-4-10)7-14(19)17-12-6-5-11(16)8-13(12)18/h1-6,8,18H,7,16H2,(H,17,19). The predicted molar refractivity (Wildman–Crippen MR) is 79.0 cm³/mol. The van der Waals surface area contributed by atoms with Crippen LogP contribution in [-0.4, -0.2) is 11.0 Å². The number of nitrogens with one attached hydrogen (secondary N) is 1. The minimum absolute atomic E-state index is 0.0378. The van der Waals surface area contributed by atoms with E-state index in [1.807, 2.05) is 24.3 Å². The van der Waals surface area contributed by atoms with Gasteiger partial charge in [-0.1, -0.05) is 28.1 Å². The largest absolute Gasteiger partial charge is 0.506 e. The van der Waals surface area contributed by atoms with Gasteiger partial charge in [-0.05, 0) is 29.8 Å². The summed E-state index contributed by atoms with van der Waals surface area (Å²) in [6.45, 7) is 0. The van der Waals surface area contributed by atoms with E-state index in [9.17, 15) is 9.90 Å². The average molecular weight is 321 g/mol. The number of phenolic OH excluding ortho intramolecular Hbond substituents is 1. The zero-order chi connectivity index (χ0) is 13.8. The topological polar surface area (TPSA) is 75.3 Å². The molecular weight excluding hydrogens is 308 g/mol. The van der Waals surface area contributed by atoms with E-state index in [0.717, 1.165) is 10.0 Å². The molecule has 1 amide bonds. The Labute approximate surface area is 119 Å². The number of anilines is 2. The van der Waals surface area contributed by atoms with Crippen LogP contribution in [0.1, 0.15) is 5.56 Å². The predicted octanol–water partition coefficient (Wildman–Crippen LogP) is 2.92. The number of aromatic hydroxyl groups is 1. The molecular formula is C14H13BrN2O2. The molecule has 0 bridgehead atoms. The van der Waals surface area contributed by atoms with Crippen molar-refractivity contribution in [3.8, 4) is 5.75 Å². The second-order valence-electron chi connectivity index (χ2n) is 4.13. The number of nitrogens with two attached hydrogens (primary N) is 1. The molecule has 19 heavy (non-hydrogen) atoms. The molecule has 0 saturated carbocycles. The molecule has 2 rings (SSSR count). The van der Waals surface area contributed by atoms with E-state index in [1.54, 1.807) is 12.1 Å². The minimum atomic E-state index is -0.192. The summed E-state index contributed by atoms with van der Waals surface area (Å²) in [6.07, 6.45) is 0.247. The summed E-state index contributed by atoms with van der Waals surface area (Å²) in [4.78, 5) is 11.8. The first-order chi connectivity index (χ1) is 9.04. The molecule has 0 fully saturated rings. The van der Waals surface area contributed by atoms with Crippen LogP contribution in [0.5, 0.6) is 5.75 Å². The van der Waals surface area contributed by atoms with Gasteiger partial charge in [-0.2, -0.15) is 0 Å². The summed E-state index contributed by atoms with van der Waals surface area (Å²) < 4.78 is 0.966. The van der Waals surface area contributed by atoms with Crippen LogP contribution in [0.4, 0.5) is 11.4 Å². The fourth-order valence-corrected chi connectivity index (χ4v) is 1.90. The number of amides is 1. The maximum atomic E-state index is 11.8. The van der Waals surface area contributed by atoms with Crippen molar-refractivity contribution in [1.82, 2.24) is 0 Å². The van der Waals surface area contributed by atoms with Crippen molar-refractivity contribution in [2.24, 2.45) is 0 Å². The zero-order valence-corrected chi connectivity index (χ0v) is 11.6. The van der Waals surface area contributed by atoms with Gasteiger partial charge in [-0.25, -0.2) is 0 Å². The molecule has 2 aromatic rings. The molecule has 0 radical (unpaired) electrons. The third-order valence-corrected chi connectivity index (χ3v) is 3.10. The van der Waals surface area contributed by atoms with Crippen molar-refractivity contribution in [3.63, 3.8) is 0 Å². The normalized spacial score (nSPS) is 10.2. The quantitative estimate of drug-likeness (QED) is 0.601. The molecule has 0 aliphatic carbocycles. The molecule has 0 atom stereocenters. The Morgan fingerprint density at radius 1 is 1.21 bits per heavy atom. The van der Waals surface area contributed by atoms with Gasteiger partial charge in [-0.3, -0.25) is 4.79 Å². The lowest BCUT2D eigenvalue weighted by Gasteiger charge is -2.08. The monoisotopic (exact) mass is 320 g/mol. The number of hydrogen-bond donors (Lipinski definition) is 3. The Kier molecular flexibility index (Phi) is 4.06. The molecule has 2 aromatic carbocycles. The second kappa shape index (κ2) is 5.75. The Balaban J connectivity index is 2.03. The zero-order valence-electron chi connectivity index (χ0n) is 10.1. The molecule has 0 aromatic heterocycles. The highest BCUT2D eigenvalue weighted by Gasteiger charge is 2.07. The van der Waals surface area contributed by atoms with Crippen LogP contribution in [-0.2, 0) is 11.2 Å². The summed E-state index contributed by atoms with van der Waals surface area (Å²) in [7, 11) is 0. The number of carbonyl (C=O) groups excluding carboxylic acids is 1. The van der Waals surface area contributed by atoms with Gasteiger partial charge < -0.3 is 16.2 Å². The number of nitrogen functional groups attached to an aromatic ring is 1. The summed E-state index contributed by atoms with van der Waals surface area (Å²) in [6, 6.07) is 12.1. The van der Waals surface area contributed by atoms with Crippen molar-refractivity contribution < 1.29 is 9.90 Å². The van der Waals surface area contributed by atoms with Gasteiger partial charge in [0.15, 0.2) is 0 Å². The highest BCUT2D eigenvalue weighted by Crippen LogP contribution is 2.25. The minimum Gasteiger partial charge on any atom is -0.506 e. The molecule has 4 nitrogen and oxygen atoms in total. The fraction of sp³-hybridized carbons (Fsp3) is 0.0714. The van der Waals surface area contributed by atoms with Gasteiger partial charge in [-0.15, -0.1) is 0 Å². The Morgan fingerprint density at radius 3 is 2.53 bits per heavy atom. The number of phenols is 1. The van der Waals surface area contributed by atoms with Gasteiger partial charge >= 0.3 is 0 Å². The lowest BCUT2D eigenvalue weighted by molar-refractivity contribution is -0.115. The third-order valence-electron chi connectivity index (χ3n) is 2.57. The molecule has 0 unspecified atom stereocenters. The van der Waals surface area contributed by atoms with Crippen molar-refractivity contribution >= 4 is 33.2 Å². The number of benzene rings is 2. The summed E-state index contributed by atoms with van der Waals surface area (Å²) in [5, 5.41) is 12.3. The van der Waals surface area contributed by atoms with Gasteiger partial charge in [0.2, 0.25) is 5.91 Å². The van der Waals surface area contributed by atoms with E-state index >= 15 is 0 Å². The van der Waals surface area contributed by atoms with Gasteiger partial charge in [0, 0.05) is 16.2 Å². The SMILES string of the molecule is Nc1ccc(NC(=O)Cc2ccc(Br)cc2)c(O)c1. The number of carbonyl (C=O) groups is 1. The van der Waals surface area contributed by atoms with Gasteiger partial charge in [0.1, 0.15) is 5.75 Å². The number of hydrogen-bond acceptors (Lipinski definition) is 3. The van der Waals surface area contributed by atoms with Gasteiger partial charge in [0.25, 0.3) is 0 Å². The summed E-state index contributed by atoms with van der Waals surface area (Å²) in [5.74, 6) is -0.230. The molecule has 0 saturated heterocycles. The Hall–Kier alpha value is -2.01. The van der Waals surface area contributed by atoms with Crippen LogP contribution < -0.4 is 11.1 Å². The lowest BCUT2D eigenvalue weighted by atomic mass is 10.1. The molecule has 98 valence electrons. The molecule has 0 aliphatic rings.